The van der Waals surface area contributed by atoms with E-state index in [0.717, 1.165) is 4.68 Å². The van der Waals surface area contributed by atoms with Crippen LogP contribution in [0, 0.1) is 0 Å². The molecule has 0 saturated heterocycles. The summed E-state index contributed by atoms with van der Waals surface area (Å²) in [5.74, 6) is 0.210. The number of aromatic amines is 1. The first-order valence-corrected chi connectivity index (χ1v) is 4.36. The second-order valence-corrected chi connectivity index (χ2v) is 3.07. The van der Waals surface area contributed by atoms with Crippen molar-refractivity contribution in [3.8, 4) is 5.82 Å². The fourth-order valence-electron chi connectivity index (χ4n) is 1.01. The highest BCUT2D eigenvalue weighted by atomic mass is 35.5. The van der Waals surface area contributed by atoms with E-state index in [1.165, 1.54) is 24.3 Å². The van der Waals surface area contributed by atoms with Crippen molar-refractivity contribution in [1.29, 1.82) is 0 Å². The van der Waals surface area contributed by atoms with Gasteiger partial charge < -0.3 is 0 Å². The Labute approximate surface area is 88.1 Å². The van der Waals surface area contributed by atoms with Crippen molar-refractivity contribution in [2.45, 2.75) is 0 Å². The fraction of sp³-hybridized carbons (Fsp3) is 0. The van der Waals surface area contributed by atoms with E-state index in [9.17, 15) is 9.59 Å². The summed E-state index contributed by atoms with van der Waals surface area (Å²) in [6.07, 6.45) is 0. The van der Waals surface area contributed by atoms with Crippen LogP contribution in [-0.2, 0) is 0 Å². The molecule has 2 aromatic rings. The molecule has 2 rings (SSSR count). The Balaban J connectivity index is 2.63. The Bertz CT molecular complexity index is 584. The van der Waals surface area contributed by atoms with Gasteiger partial charge in [-0.25, -0.2) is 5.10 Å². The maximum absolute atomic E-state index is 11.4. The third-order valence-electron chi connectivity index (χ3n) is 1.65. The SMILES string of the molecule is O=c1ccc(-n2nc(Cl)ccc2=O)n[nH]1. The first-order chi connectivity index (χ1) is 7.16. The van der Waals surface area contributed by atoms with Crippen LogP contribution in [0.5, 0.6) is 0 Å². The third kappa shape index (κ3) is 1.94. The number of aromatic nitrogens is 4. The number of halogens is 1. The van der Waals surface area contributed by atoms with E-state index in [2.05, 4.69) is 15.3 Å². The molecule has 0 unspecified atom stereocenters. The zero-order chi connectivity index (χ0) is 10.8. The summed E-state index contributed by atoms with van der Waals surface area (Å²) >= 11 is 5.63. The number of hydrogen-bond donors (Lipinski definition) is 1. The first kappa shape index (κ1) is 9.60. The lowest BCUT2D eigenvalue weighted by atomic mass is 10.5. The molecule has 0 radical (unpaired) electrons. The van der Waals surface area contributed by atoms with Crippen LogP contribution in [0.2, 0.25) is 5.15 Å². The lowest BCUT2D eigenvalue weighted by Gasteiger charge is -2.01. The minimum atomic E-state index is -0.376. The van der Waals surface area contributed by atoms with E-state index < -0.39 is 0 Å². The van der Waals surface area contributed by atoms with Gasteiger partial charge in [0.25, 0.3) is 11.1 Å². The van der Waals surface area contributed by atoms with Gasteiger partial charge in [0, 0.05) is 12.1 Å². The van der Waals surface area contributed by atoms with Gasteiger partial charge in [0.1, 0.15) is 5.15 Å². The molecule has 0 spiro atoms. The van der Waals surface area contributed by atoms with Crippen LogP contribution in [-0.4, -0.2) is 20.0 Å². The summed E-state index contributed by atoms with van der Waals surface area (Å²) < 4.78 is 0.998. The average Bonchev–Trinajstić information content (AvgIpc) is 2.23. The number of rotatable bonds is 1. The third-order valence-corrected chi connectivity index (χ3v) is 1.85. The Morgan fingerprint density at radius 3 is 2.67 bits per heavy atom. The van der Waals surface area contributed by atoms with E-state index in [4.69, 9.17) is 11.6 Å². The molecule has 0 bridgehead atoms. The van der Waals surface area contributed by atoms with E-state index >= 15 is 0 Å². The van der Waals surface area contributed by atoms with Gasteiger partial charge in [-0.2, -0.15) is 14.9 Å². The average molecular weight is 225 g/mol. The van der Waals surface area contributed by atoms with Crippen molar-refractivity contribution < 1.29 is 0 Å². The van der Waals surface area contributed by atoms with Crippen LogP contribution in [0.1, 0.15) is 0 Å². The van der Waals surface area contributed by atoms with E-state index in [1.807, 2.05) is 0 Å². The van der Waals surface area contributed by atoms with Crippen LogP contribution < -0.4 is 11.1 Å². The van der Waals surface area contributed by atoms with Gasteiger partial charge in [-0.15, -0.1) is 0 Å². The Kier molecular flexibility index (Phi) is 2.34. The summed E-state index contributed by atoms with van der Waals surface area (Å²) in [6.45, 7) is 0. The molecule has 0 saturated carbocycles. The van der Waals surface area contributed by atoms with Crippen molar-refractivity contribution in [3.05, 3.63) is 50.1 Å². The van der Waals surface area contributed by atoms with Gasteiger partial charge >= 0.3 is 0 Å². The van der Waals surface area contributed by atoms with Crippen molar-refractivity contribution in [2.24, 2.45) is 0 Å². The lowest BCUT2D eigenvalue weighted by Crippen LogP contribution is -2.22. The summed E-state index contributed by atoms with van der Waals surface area (Å²) in [5.41, 5.74) is -0.729. The van der Waals surface area contributed by atoms with E-state index in [0.29, 0.717) is 0 Å². The van der Waals surface area contributed by atoms with Crippen LogP contribution in [0.3, 0.4) is 0 Å². The summed E-state index contributed by atoms with van der Waals surface area (Å²) in [5, 5.41) is 9.78. The lowest BCUT2D eigenvalue weighted by molar-refractivity contribution is 0.756. The molecular weight excluding hydrogens is 220 g/mol. The molecule has 0 aromatic carbocycles. The van der Waals surface area contributed by atoms with Gasteiger partial charge in [0.15, 0.2) is 5.82 Å². The smallest absolute Gasteiger partial charge is 0.268 e. The molecule has 0 aliphatic rings. The van der Waals surface area contributed by atoms with Gasteiger partial charge in [0.05, 0.1) is 0 Å². The van der Waals surface area contributed by atoms with Crippen molar-refractivity contribution in [2.75, 3.05) is 0 Å². The molecule has 6 nitrogen and oxygen atoms in total. The molecule has 0 fully saturated rings. The number of H-pyrrole nitrogens is 1. The summed E-state index contributed by atoms with van der Waals surface area (Å²) in [4.78, 5) is 22.1. The molecule has 0 atom stereocenters. The Hall–Kier alpha value is -1.95. The highest BCUT2D eigenvalue weighted by Gasteiger charge is 2.02. The predicted molar refractivity (Wildman–Crippen MR) is 53.3 cm³/mol. The minimum absolute atomic E-state index is 0.169. The van der Waals surface area contributed by atoms with Crippen LogP contribution >= 0.6 is 11.6 Å². The molecular formula is C8H5ClN4O2. The van der Waals surface area contributed by atoms with Crippen molar-refractivity contribution in [1.82, 2.24) is 20.0 Å². The first-order valence-electron chi connectivity index (χ1n) is 3.99. The summed E-state index contributed by atoms with van der Waals surface area (Å²) in [7, 11) is 0. The Morgan fingerprint density at radius 1 is 1.20 bits per heavy atom. The maximum Gasteiger partial charge on any atom is 0.273 e. The number of nitrogens with zero attached hydrogens (tertiary/aromatic N) is 3. The molecule has 0 aliphatic heterocycles. The van der Waals surface area contributed by atoms with Crippen LogP contribution in [0.4, 0.5) is 0 Å². The highest BCUT2D eigenvalue weighted by Crippen LogP contribution is 2.00. The van der Waals surface area contributed by atoms with Crippen LogP contribution in [0.25, 0.3) is 5.82 Å². The normalized spacial score (nSPS) is 10.2. The zero-order valence-electron chi connectivity index (χ0n) is 7.35. The molecule has 76 valence electrons. The van der Waals surface area contributed by atoms with E-state index in [1.54, 1.807) is 0 Å². The molecule has 7 heteroatoms. The molecule has 0 aliphatic carbocycles. The molecule has 0 amide bonds. The maximum atomic E-state index is 11.4. The van der Waals surface area contributed by atoms with Gasteiger partial charge in [-0.05, 0) is 12.1 Å². The largest absolute Gasteiger partial charge is 0.273 e. The summed E-state index contributed by atoms with van der Waals surface area (Å²) in [6, 6.07) is 5.27. The number of hydrogen-bond acceptors (Lipinski definition) is 4. The van der Waals surface area contributed by atoms with Crippen molar-refractivity contribution >= 4 is 11.6 Å². The topological polar surface area (TPSA) is 80.6 Å². The quantitative estimate of drug-likeness (QED) is 0.738. The predicted octanol–water partition coefficient (Wildman–Crippen LogP) is -0.0308. The fourth-order valence-corrected chi connectivity index (χ4v) is 1.15. The molecule has 15 heavy (non-hydrogen) atoms. The van der Waals surface area contributed by atoms with E-state index in [-0.39, 0.29) is 22.1 Å². The minimum Gasteiger partial charge on any atom is -0.268 e. The Morgan fingerprint density at radius 2 is 2.00 bits per heavy atom. The highest BCUT2D eigenvalue weighted by molar-refractivity contribution is 6.29. The number of nitrogens with one attached hydrogen (secondary N) is 1. The van der Waals surface area contributed by atoms with Gasteiger partial charge in [-0.1, -0.05) is 11.6 Å². The molecule has 1 N–H and O–H groups in total. The molecule has 2 aromatic heterocycles. The van der Waals surface area contributed by atoms with Gasteiger partial charge in [0.2, 0.25) is 0 Å². The molecule has 2 heterocycles. The monoisotopic (exact) mass is 224 g/mol. The second-order valence-electron chi connectivity index (χ2n) is 2.69. The van der Waals surface area contributed by atoms with Crippen molar-refractivity contribution in [3.63, 3.8) is 0 Å². The van der Waals surface area contributed by atoms with Gasteiger partial charge in [-0.3, -0.25) is 9.59 Å². The standard InChI is InChI=1S/C8H5ClN4O2/c9-5-1-4-8(15)13(12-5)6-2-3-7(14)11-10-6/h1-4H,(H,11,14). The second kappa shape index (κ2) is 3.66. The zero-order valence-corrected chi connectivity index (χ0v) is 8.10. The van der Waals surface area contributed by atoms with Crippen LogP contribution in [0.15, 0.2) is 33.9 Å².